The van der Waals surface area contributed by atoms with E-state index in [1.165, 1.54) is 0 Å². The van der Waals surface area contributed by atoms with E-state index in [-0.39, 0.29) is 25.0 Å². The lowest BCUT2D eigenvalue weighted by molar-refractivity contribution is -0.138. The van der Waals surface area contributed by atoms with Gasteiger partial charge in [-0.1, -0.05) is 30.3 Å². The van der Waals surface area contributed by atoms with Crippen LogP contribution in [0.2, 0.25) is 0 Å². The van der Waals surface area contributed by atoms with Gasteiger partial charge >= 0.3 is 18.2 Å². The van der Waals surface area contributed by atoms with Gasteiger partial charge in [0.25, 0.3) is 0 Å². The van der Waals surface area contributed by atoms with E-state index in [2.05, 4.69) is 5.32 Å². The molecule has 0 bridgehead atoms. The number of nitrogens with zero attached hydrogens (tertiary/aromatic N) is 1. The van der Waals surface area contributed by atoms with Crippen LogP contribution >= 0.6 is 0 Å². The third-order valence-electron chi connectivity index (χ3n) is 4.67. The van der Waals surface area contributed by atoms with Gasteiger partial charge in [-0.05, 0) is 45.1 Å². The highest BCUT2D eigenvalue weighted by atomic mass is 16.6. The van der Waals surface area contributed by atoms with Gasteiger partial charge in [-0.15, -0.1) is 0 Å². The molecule has 1 fully saturated rings. The fraction of sp³-hybridized carbons (Fsp3) is 0.571. The molecule has 29 heavy (non-hydrogen) atoms. The number of piperidine rings is 1. The van der Waals surface area contributed by atoms with Crippen molar-refractivity contribution in [2.75, 3.05) is 13.1 Å². The lowest BCUT2D eigenvalue weighted by atomic mass is 9.87. The maximum absolute atomic E-state index is 12.3. The predicted octanol–water partition coefficient (Wildman–Crippen LogP) is 3.40. The van der Waals surface area contributed by atoms with E-state index < -0.39 is 23.7 Å². The summed E-state index contributed by atoms with van der Waals surface area (Å²) in [6, 6.07) is 8.89. The Kier molecular flexibility index (Phi) is 7.87. The molecule has 0 saturated carbocycles. The molecule has 8 heteroatoms. The molecule has 160 valence electrons. The van der Waals surface area contributed by atoms with Crippen LogP contribution in [0.4, 0.5) is 9.59 Å². The van der Waals surface area contributed by atoms with E-state index in [4.69, 9.17) is 9.47 Å². The topological polar surface area (TPSA) is 105 Å². The van der Waals surface area contributed by atoms with Gasteiger partial charge in [0.2, 0.25) is 0 Å². The number of hydrogen-bond acceptors (Lipinski definition) is 5. The molecule has 0 radical (unpaired) electrons. The molecule has 0 aliphatic carbocycles. The first-order chi connectivity index (χ1) is 13.6. The number of benzene rings is 1. The Balaban J connectivity index is 1.85. The highest BCUT2D eigenvalue weighted by molar-refractivity contribution is 5.72. The summed E-state index contributed by atoms with van der Waals surface area (Å²) in [6.45, 7) is 6.35. The summed E-state index contributed by atoms with van der Waals surface area (Å²) in [5, 5.41) is 11.9. The molecule has 1 saturated heterocycles. The Hall–Kier alpha value is -2.77. The number of carbonyl (C=O) groups excluding carboxylic acids is 2. The molecular formula is C21H30N2O6. The number of amides is 2. The van der Waals surface area contributed by atoms with Crippen LogP contribution in [-0.2, 0) is 20.9 Å². The van der Waals surface area contributed by atoms with E-state index in [1.807, 2.05) is 30.3 Å². The van der Waals surface area contributed by atoms with Gasteiger partial charge in [-0.2, -0.15) is 0 Å². The van der Waals surface area contributed by atoms with Crippen molar-refractivity contribution in [3.63, 3.8) is 0 Å². The van der Waals surface area contributed by atoms with Crippen molar-refractivity contribution in [3.8, 4) is 0 Å². The molecule has 1 aliphatic rings. The molecule has 1 atom stereocenters. The molecular weight excluding hydrogens is 376 g/mol. The Bertz CT molecular complexity index is 693. The number of carbonyl (C=O) groups is 3. The number of carboxylic acids is 1. The minimum Gasteiger partial charge on any atom is -0.481 e. The van der Waals surface area contributed by atoms with Crippen molar-refractivity contribution in [3.05, 3.63) is 35.9 Å². The molecule has 1 aliphatic heterocycles. The maximum Gasteiger partial charge on any atom is 0.410 e. The van der Waals surface area contributed by atoms with Crippen LogP contribution in [0.1, 0.15) is 45.6 Å². The van der Waals surface area contributed by atoms with Gasteiger partial charge in [-0.3, -0.25) is 4.79 Å². The average Bonchev–Trinajstić information content (AvgIpc) is 2.64. The van der Waals surface area contributed by atoms with Crippen molar-refractivity contribution in [2.45, 2.75) is 58.3 Å². The van der Waals surface area contributed by atoms with Crippen LogP contribution in [0.5, 0.6) is 0 Å². The van der Waals surface area contributed by atoms with Gasteiger partial charge in [0.15, 0.2) is 0 Å². The zero-order valence-corrected chi connectivity index (χ0v) is 17.2. The second kappa shape index (κ2) is 10.1. The van der Waals surface area contributed by atoms with E-state index in [9.17, 15) is 19.5 Å². The highest BCUT2D eigenvalue weighted by Gasteiger charge is 2.32. The van der Waals surface area contributed by atoms with E-state index in [0.717, 1.165) is 5.56 Å². The Morgan fingerprint density at radius 1 is 1.17 bits per heavy atom. The summed E-state index contributed by atoms with van der Waals surface area (Å²) in [4.78, 5) is 37.2. The summed E-state index contributed by atoms with van der Waals surface area (Å²) >= 11 is 0. The summed E-state index contributed by atoms with van der Waals surface area (Å²) in [7, 11) is 0. The largest absolute Gasteiger partial charge is 0.481 e. The van der Waals surface area contributed by atoms with E-state index in [0.29, 0.717) is 25.9 Å². The quantitative estimate of drug-likeness (QED) is 0.750. The molecule has 1 unspecified atom stereocenters. The molecule has 2 rings (SSSR count). The van der Waals surface area contributed by atoms with Gasteiger partial charge in [-0.25, -0.2) is 9.59 Å². The van der Waals surface area contributed by atoms with Crippen LogP contribution in [0, 0.1) is 5.92 Å². The van der Waals surface area contributed by atoms with Crippen molar-refractivity contribution in [1.29, 1.82) is 0 Å². The molecule has 2 amide bonds. The van der Waals surface area contributed by atoms with Crippen LogP contribution in [0.15, 0.2) is 30.3 Å². The van der Waals surface area contributed by atoms with Gasteiger partial charge in [0.1, 0.15) is 12.2 Å². The summed E-state index contributed by atoms with van der Waals surface area (Å²) < 4.78 is 10.6. The van der Waals surface area contributed by atoms with E-state index >= 15 is 0 Å². The smallest absolute Gasteiger partial charge is 0.410 e. The number of rotatable bonds is 6. The minimum absolute atomic E-state index is 0.0585. The monoisotopic (exact) mass is 406 g/mol. The van der Waals surface area contributed by atoms with Crippen molar-refractivity contribution in [1.82, 2.24) is 10.2 Å². The third-order valence-corrected chi connectivity index (χ3v) is 4.67. The van der Waals surface area contributed by atoms with Crippen molar-refractivity contribution >= 4 is 18.2 Å². The number of hydrogen-bond donors (Lipinski definition) is 2. The minimum atomic E-state index is -0.990. The SMILES string of the molecule is CC(C)(C)OC(=O)NC(CC(=O)O)C1CCN(C(=O)OCc2ccccc2)CC1. The average molecular weight is 406 g/mol. The first kappa shape index (κ1) is 22.5. The zero-order valence-electron chi connectivity index (χ0n) is 17.2. The van der Waals surface area contributed by atoms with E-state index in [1.54, 1.807) is 25.7 Å². The van der Waals surface area contributed by atoms with Gasteiger partial charge in [0, 0.05) is 19.1 Å². The number of alkyl carbamates (subject to hydrolysis) is 1. The van der Waals surface area contributed by atoms with Crippen LogP contribution in [0.25, 0.3) is 0 Å². The second-order valence-corrected chi connectivity index (χ2v) is 8.22. The first-order valence-electron chi connectivity index (χ1n) is 9.81. The van der Waals surface area contributed by atoms with Gasteiger partial charge in [0.05, 0.1) is 6.42 Å². The molecule has 2 N–H and O–H groups in total. The molecule has 1 aromatic rings. The molecule has 8 nitrogen and oxygen atoms in total. The molecule has 0 aromatic heterocycles. The second-order valence-electron chi connectivity index (χ2n) is 8.22. The predicted molar refractivity (Wildman–Crippen MR) is 106 cm³/mol. The molecule has 1 aromatic carbocycles. The molecule has 1 heterocycles. The zero-order chi connectivity index (χ0) is 21.4. The van der Waals surface area contributed by atoms with Crippen molar-refractivity contribution < 1.29 is 29.0 Å². The Labute approximate surface area is 171 Å². The number of carboxylic acid groups (broad SMARTS) is 1. The molecule has 0 spiro atoms. The normalized spacial score (nSPS) is 16.0. The van der Waals surface area contributed by atoms with Crippen LogP contribution in [-0.4, -0.2) is 52.9 Å². The van der Waals surface area contributed by atoms with Crippen LogP contribution in [0.3, 0.4) is 0 Å². The van der Waals surface area contributed by atoms with Gasteiger partial charge < -0.3 is 24.8 Å². The fourth-order valence-electron chi connectivity index (χ4n) is 3.28. The summed E-state index contributed by atoms with van der Waals surface area (Å²) in [5.41, 5.74) is 0.253. The standard InChI is InChI=1S/C21H30N2O6/c1-21(2,3)29-19(26)22-17(13-18(24)25)16-9-11-23(12-10-16)20(27)28-14-15-7-5-4-6-8-15/h4-8,16-17H,9-14H2,1-3H3,(H,22,26)(H,24,25). The number of aliphatic carboxylic acids is 1. The Morgan fingerprint density at radius 2 is 1.79 bits per heavy atom. The Morgan fingerprint density at radius 3 is 2.34 bits per heavy atom. The maximum atomic E-state index is 12.3. The number of ether oxygens (including phenoxy) is 2. The lowest BCUT2D eigenvalue weighted by Crippen LogP contribution is -2.48. The lowest BCUT2D eigenvalue weighted by Gasteiger charge is -2.35. The van der Waals surface area contributed by atoms with Crippen molar-refractivity contribution in [2.24, 2.45) is 5.92 Å². The van der Waals surface area contributed by atoms with Crippen LogP contribution < -0.4 is 5.32 Å². The fourth-order valence-corrected chi connectivity index (χ4v) is 3.28. The summed E-state index contributed by atoms with van der Waals surface area (Å²) in [5.74, 6) is -1.05. The third kappa shape index (κ3) is 8.01. The first-order valence-corrected chi connectivity index (χ1v) is 9.81. The number of likely N-dealkylation sites (tertiary alicyclic amines) is 1. The highest BCUT2D eigenvalue weighted by Crippen LogP contribution is 2.24. The summed E-state index contributed by atoms with van der Waals surface area (Å²) in [6.07, 6.45) is -0.0549. The number of nitrogens with one attached hydrogen (secondary N) is 1.